The van der Waals surface area contributed by atoms with Crippen molar-refractivity contribution >= 4 is 40.1 Å². The third-order valence-corrected chi connectivity index (χ3v) is 10.1. The van der Waals surface area contributed by atoms with Crippen LogP contribution in [0.15, 0.2) is 41.2 Å². The first-order valence-corrected chi connectivity index (χ1v) is 15.0. The number of nitrogens with zero attached hydrogens (tertiary/aromatic N) is 4. The molecule has 8 nitrogen and oxygen atoms in total. The quantitative estimate of drug-likeness (QED) is 0.198. The zero-order valence-electron chi connectivity index (χ0n) is 23.1. The lowest BCUT2D eigenvalue weighted by molar-refractivity contribution is -0.127. The molecule has 0 N–H and O–H groups in total. The summed E-state index contributed by atoms with van der Waals surface area (Å²) < 4.78 is 17.6. The maximum absolute atomic E-state index is 12.3. The van der Waals surface area contributed by atoms with Gasteiger partial charge in [0, 0.05) is 45.9 Å². The van der Waals surface area contributed by atoms with E-state index < -0.39 is 5.97 Å². The average Bonchev–Trinajstić information content (AvgIpc) is 3.79. The predicted molar refractivity (Wildman–Crippen MR) is 156 cm³/mol. The number of esters is 1. The molecule has 0 saturated heterocycles. The summed E-state index contributed by atoms with van der Waals surface area (Å²) >= 11 is 13.0. The Hall–Kier alpha value is -3.51. The van der Waals surface area contributed by atoms with Gasteiger partial charge in [-0.2, -0.15) is 5.26 Å². The zero-order valence-corrected chi connectivity index (χ0v) is 24.6. The smallest absolute Gasteiger partial charge is 0.338 e. The van der Waals surface area contributed by atoms with Gasteiger partial charge >= 0.3 is 5.97 Å². The van der Waals surface area contributed by atoms with Gasteiger partial charge in [-0.1, -0.05) is 34.4 Å². The number of ether oxygens (including phenoxy) is 2. The molecule has 0 amide bonds. The first-order valence-electron chi connectivity index (χ1n) is 14.2. The van der Waals surface area contributed by atoms with Gasteiger partial charge in [-0.05, 0) is 69.6 Å². The summed E-state index contributed by atoms with van der Waals surface area (Å²) in [5.74, 6) is 0.777. The molecule has 0 atom stereocenters. The first kappa shape index (κ1) is 27.3. The number of hydrogen-bond donors (Lipinski definition) is 0. The Morgan fingerprint density at radius 3 is 2.43 bits per heavy atom. The summed E-state index contributed by atoms with van der Waals surface area (Å²) in [5, 5.41) is 15.6. The van der Waals surface area contributed by atoms with Gasteiger partial charge in [0.25, 0.3) is 0 Å². The van der Waals surface area contributed by atoms with Crippen molar-refractivity contribution in [3.8, 4) is 17.3 Å². The van der Waals surface area contributed by atoms with Crippen LogP contribution in [0.2, 0.25) is 10.0 Å². The minimum atomic E-state index is -0.441. The van der Waals surface area contributed by atoms with E-state index in [1.54, 1.807) is 24.5 Å². The van der Waals surface area contributed by atoms with Crippen LogP contribution in [0.4, 0.5) is 0 Å². The Morgan fingerprint density at radius 1 is 1.07 bits per heavy atom. The van der Waals surface area contributed by atoms with Crippen LogP contribution in [0.3, 0.4) is 0 Å². The Labute approximate surface area is 252 Å². The number of benzene rings is 1. The molecule has 8 rings (SSSR count). The molecule has 3 aromatic heterocycles. The van der Waals surface area contributed by atoms with Gasteiger partial charge in [-0.3, -0.25) is 9.97 Å². The molecular formula is C32H28Cl2N4O4. The number of rotatable bonds is 7. The second kappa shape index (κ2) is 10.3. The third-order valence-electron chi connectivity index (χ3n) is 9.48. The van der Waals surface area contributed by atoms with Crippen molar-refractivity contribution in [3.05, 3.63) is 74.8 Å². The summed E-state index contributed by atoms with van der Waals surface area (Å²) in [6.45, 7) is 0.378. The third kappa shape index (κ3) is 4.46. The van der Waals surface area contributed by atoms with Crippen molar-refractivity contribution in [2.45, 2.75) is 74.9 Å². The predicted octanol–water partition coefficient (Wildman–Crippen LogP) is 7.69. The van der Waals surface area contributed by atoms with Crippen LogP contribution in [0.5, 0.6) is 0 Å². The minimum absolute atomic E-state index is 0.0904. The maximum atomic E-state index is 12.3. The molecule has 0 unspecified atom stereocenters. The van der Waals surface area contributed by atoms with Gasteiger partial charge in [0.2, 0.25) is 0 Å². The topological polar surface area (TPSA) is 111 Å². The number of pyridine rings is 2. The molecule has 10 heteroatoms. The molecule has 4 aliphatic rings. The fourth-order valence-electron chi connectivity index (χ4n) is 6.83. The van der Waals surface area contributed by atoms with Gasteiger partial charge in [0.1, 0.15) is 17.5 Å². The zero-order chi connectivity index (χ0) is 29.1. The van der Waals surface area contributed by atoms with E-state index >= 15 is 0 Å². The highest BCUT2D eigenvalue weighted by molar-refractivity contribution is 6.38. The second-order valence-electron chi connectivity index (χ2n) is 11.7. The van der Waals surface area contributed by atoms with Gasteiger partial charge in [0.15, 0.2) is 0 Å². The summed E-state index contributed by atoms with van der Waals surface area (Å²) in [5.41, 5.74) is 4.23. The number of methoxy groups -OCH3 is 1. The number of carbonyl (C=O) groups excluding carboxylic acids is 1. The highest BCUT2D eigenvalue weighted by Crippen LogP contribution is 2.55. The van der Waals surface area contributed by atoms with E-state index in [0.29, 0.717) is 55.9 Å². The van der Waals surface area contributed by atoms with Crippen LogP contribution in [0.1, 0.15) is 90.2 Å². The van der Waals surface area contributed by atoms with E-state index in [1.165, 1.54) is 7.11 Å². The molecule has 4 aromatic rings. The van der Waals surface area contributed by atoms with E-state index in [9.17, 15) is 10.1 Å². The van der Waals surface area contributed by atoms with Crippen molar-refractivity contribution in [1.29, 1.82) is 5.26 Å². The van der Waals surface area contributed by atoms with Gasteiger partial charge in [0.05, 0.1) is 46.0 Å². The molecule has 1 aromatic carbocycles. The van der Waals surface area contributed by atoms with Crippen LogP contribution in [-0.4, -0.2) is 33.8 Å². The Morgan fingerprint density at radius 2 is 1.79 bits per heavy atom. The van der Waals surface area contributed by atoms with Crippen molar-refractivity contribution < 1.29 is 18.8 Å². The molecule has 42 heavy (non-hydrogen) atoms. The van der Waals surface area contributed by atoms with Crippen molar-refractivity contribution in [2.75, 3.05) is 7.11 Å². The fourth-order valence-corrected chi connectivity index (χ4v) is 7.37. The number of aromatic nitrogens is 3. The lowest BCUT2D eigenvalue weighted by atomic mass is 9.57. The highest BCUT2D eigenvalue weighted by Gasteiger charge is 2.51. The second-order valence-corrected chi connectivity index (χ2v) is 12.5. The van der Waals surface area contributed by atoms with Crippen molar-refractivity contribution in [2.24, 2.45) is 0 Å². The Kier molecular flexibility index (Phi) is 6.73. The van der Waals surface area contributed by atoms with E-state index in [4.69, 9.17) is 42.2 Å². The van der Waals surface area contributed by atoms with E-state index in [2.05, 4.69) is 16.2 Å². The molecule has 4 aliphatic carbocycles. The summed E-state index contributed by atoms with van der Waals surface area (Å²) in [7, 11) is 1.35. The van der Waals surface area contributed by atoms with Crippen LogP contribution in [0, 0.1) is 11.3 Å². The van der Waals surface area contributed by atoms with Crippen molar-refractivity contribution in [3.63, 3.8) is 0 Å². The standard InChI is InChI=1S/C32H28Cl2N4O4/c1-40-30(39)21-5-4-19(14-35)27-20(21)6-7-25(37-27)31-8-11-32(12-9-31,13-10-31)41-17-22-28(38-42-29(22)18-2-3-18)26-23(33)15-36-16-24(26)34/h4-7,15-16,18H,2-3,8-13,17H2,1H3. The number of nitriles is 1. The SMILES string of the molecule is COC(=O)c1ccc(C#N)c2nc(C34CCC(OCc5c(-c6c(Cl)cncc6Cl)noc5C5CC5)(CC3)CC4)ccc12. The van der Waals surface area contributed by atoms with E-state index in [1.807, 2.05) is 12.1 Å². The molecule has 0 aliphatic heterocycles. The molecule has 4 saturated carbocycles. The van der Waals surface area contributed by atoms with E-state index in [-0.39, 0.29) is 11.0 Å². The van der Waals surface area contributed by atoms with Crippen LogP contribution >= 0.6 is 23.2 Å². The molecule has 4 fully saturated rings. The van der Waals surface area contributed by atoms with E-state index in [0.717, 1.165) is 68.4 Å². The molecule has 0 radical (unpaired) electrons. The maximum Gasteiger partial charge on any atom is 0.338 e. The molecule has 214 valence electrons. The molecular weight excluding hydrogens is 575 g/mol. The summed E-state index contributed by atoms with van der Waals surface area (Å²) in [4.78, 5) is 21.4. The molecule has 2 bridgehead atoms. The largest absolute Gasteiger partial charge is 0.465 e. The van der Waals surface area contributed by atoms with Gasteiger partial charge < -0.3 is 14.0 Å². The Balaban J connectivity index is 1.14. The monoisotopic (exact) mass is 602 g/mol. The number of carbonyl (C=O) groups is 1. The molecule has 3 heterocycles. The first-order chi connectivity index (χ1) is 20.4. The number of halogens is 2. The summed E-state index contributed by atoms with van der Waals surface area (Å²) in [6, 6.07) is 9.44. The summed E-state index contributed by atoms with van der Waals surface area (Å²) in [6.07, 6.45) is 10.8. The lowest BCUT2D eigenvalue weighted by Crippen LogP contribution is -2.50. The molecule has 0 spiro atoms. The highest BCUT2D eigenvalue weighted by atomic mass is 35.5. The lowest BCUT2D eigenvalue weighted by Gasteiger charge is -2.53. The van der Waals surface area contributed by atoms with Crippen LogP contribution in [0.25, 0.3) is 22.2 Å². The normalized spacial score (nSPS) is 23.2. The minimum Gasteiger partial charge on any atom is -0.465 e. The number of fused-ring (bicyclic) bond motifs is 4. The van der Waals surface area contributed by atoms with Crippen molar-refractivity contribution in [1.82, 2.24) is 15.1 Å². The Bertz CT molecular complexity index is 1730. The fraction of sp³-hybridized carbons (Fsp3) is 0.406. The average molecular weight is 604 g/mol. The van der Waals surface area contributed by atoms with Crippen LogP contribution in [-0.2, 0) is 21.5 Å². The van der Waals surface area contributed by atoms with Gasteiger partial charge in [-0.25, -0.2) is 4.79 Å². The van der Waals surface area contributed by atoms with Crippen LogP contribution < -0.4 is 0 Å². The van der Waals surface area contributed by atoms with Gasteiger partial charge in [-0.15, -0.1) is 0 Å². The number of hydrogen-bond acceptors (Lipinski definition) is 8.